The normalized spacial score (nSPS) is 27.3. The van der Waals surface area contributed by atoms with Crippen molar-refractivity contribution >= 4 is 11.6 Å². The first-order valence-electron chi connectivity index (χ1n) is 8.73. The van der Waals surface area contributed by atoms with E-state index in [0.717, 1.165) is 24.7 Å². The highest BCUT2D eigenvalue weighted by Crippen LogP contribution is 2.34. The van der Waals surface area contributed by atoms with E-state index >= 15 is 0 Å². The van der Waals surface area contributed by atoms with Crippen LogP contribution >= 0.6 is 11.6 Å². The number of alkyl halides is 1. The summed E-state index contributed by atoms with van der Waals surface area (Å²) < 4.78 is 0. The quantitative estimate of drug-likeness (QED) is 0.424. The summed E-state index contributed by atoms with van der Waals surface area (Å²) in [6.45, 7) is 2.01. The Morgan fingerprint density at radius 1 is 1.10 bits per heavy atom. The number of halogens is 1. The molecule has 0 aromatic carbocycles. The summed E-state index contributed by atoms with van der Waals surface area (Å²) >= 11 is 5.64. The highest BCUT2D eigenvalue weighted by molar-refractivity contribution is 6.20. The second-order valence-corrected chi connectivity index (χ2v) is 7.42. The minimum atomic E-state index is -1.17. The lowest BCUT2D eigenvalue weighted by Crippen LogP contribution is -2.51. The van der Waals surface area contributed by atoms with Gasteiger partial charge in [-0.1, -0.05) is 82.7 Å². The van der Waals surface area contributed by atoms with Gasteiger partial charge in [0, 0.05) is 0 Å². The molecule has 21 heavy (non-hydrogen) atoms. The SMILES string of the molecule is CCCCC1CCC(CCCCC(N)(CO)C(O)Cl)CC1. The molecule has 126 valence electrons. The molecule has 1 saturated carbocycles. The molecular weight excluding hydrogens is 286 g/mol. The Morgan fingerprint density at radius 3 is 2.05 bits per heavy atom. The van der Waals surface area contributed by atoms with Crippen LogP contribution in [0.1, 0.15) is 77.6 Å². The lowest BCUT2D eigenvalue weighted by Gasteiger charge is -2.30. The van der Waals surface area contributed by atoms with Crippen molar-refractivity contribution in [2.45, 2.75) is 88.7 Å². The van der Waals surface area contributed by atoms with Crippen LogP contribution in [0.25, 0.3) is 0 Å². The van der Waals surface area contributed by atoms with Crippen molar-refractivity contribution in [2.75, 3.05) is 6.61 Å². The Morgan fingerprint density at radius 2 is 1.62 bits per heavy atom. The molecule has 3 nitrogen and oxygen atoms in total. The number of unbranched alkanes of at least 4 members (excludes halogenated alkanes) is 2. The van der Waals surface area contributed by atoms with E-state index in [4.69, 9.17) is 17.3 Å². The summed E-state index contributed by atoms with van der Waals surface area (Å²) in [5, 5.41) is 18.6. The lowest BCUT2D eigenvalue weighted by atomic mass is 9.78. The van der Waals surface area contributed by atoms with E-state index in [1.54, 1.807) is 0 Å². The number of aliphatic hydroxyl groups excluding tert-OH is 2. The van der Waals surface area contributed by atoms with Crippen LogP contribution in [0.5, 0.6) is 0 Å². The Kier molecular flexibility index (Phi) is 9.19. The molecule has 0 radical (unpaired) electrons. The van der Waals surface area contributed by atoms with E-state index in [1.165, 1.54) is 51.4 Å². The van der Waals surface area contributed by atoms with Crippen LogP contribution in [0.2, 0.25) is 0 Å². The van der Waals surface area contributed by atoms with Crippen molar-refractivity contribution in [3.8, 4) is 0 Å². The Balaban J connectivity index is 2.12. The molecule has 1 aliphatic carbocycles. The fourth-order valence-electron chi connectivity index (χ4n) is 3.46. The molecule has 1 fully saturated rings. The predicted molar refractivity (Wildman–Crippen MR) is 89.3 cm³/mol. The van der Waals surface area contributed by atoms with E-state index in [-0.39, 0.29) is 6.61 Å². The van der Waals surface area contributed by atoms with Gasteiger partial charge in [-0.2, -0.15) is 0 Å². The van der Waals surface area contributed by atoms with E-state index in [9.17, 15) is 10.2 Å². The number of rotatable bonds is 10. The zero-order valence-corrected chi connectivity index (χ0v) is 14.3. The van der Waals surface area contributed by atoms with Crippen LogP contribution in [0.15, 0.2) is 0 Å². The second kappa shape index (κ2) is 10.0. The largest absolute Gasteiger partial charge is 0.394 e. The van der Waals surface area contributed by atoms with Gasteiger partial charge in [0.15, 0.2) is 0 Å². The number of hydrogen-bond acceptors (Lipinski definition) is 3. The average molecular weight is 320 g/mol. The van der Waals surface area contributed by atoms with Crippen LogP contribution in [0, 0.1) is 11.8 Å². The van der Waals surface area contributed by atoms with Crippen LogP contribution in [0.4, 0.5) is 0 Å². The standard InChI is InChI=1S/C17H34ClNO2/c1-2-3-6-14-8-10-15(11-9-14)7-4-5-12-17(19,13-20)16(18)21/h14-16,20-21H,2-13,19H2,1H3. The van der Waals surface area contributed by atoms with Gasteiger partial charge in [-0.25, -0.2) is 0 Å². The van der Waals surface area contributed by atoms with Crippen molar-refractivity contribution in [3.05, 3.63) is 0 Å². The minimum absolute atomic E-state index is 0.264. The first kappa shape index (κ1) is 19.2. The summed E-state index contributed by atoms with van der Waals surface area (Å²) in [6, 6.07) is 0. The molecule has 0 aromatic rings. The molecular formula is C17H34ClNO2. The highest BCUT2D eigenvalue weighted by Gasteiger charge is 2.31. The van der Waals surface area contributed by atoms with Gasteiger partial charge in [0.2, 0.25) is 0 Å². The highest BCUT2D eigenvalue weighted by atomic mass is 35.5. The van der Waals surface area contributed by atoms with Gasteiger partial charge in [-0.3, -0.25) is 0 Å². The maximum atomic E-state index is 9.40. The smallest absolute Gasteiger partial charge is 0.148 e. The molecule has 0 saturated heterocycles. The van der Waals surface area contributed by atoms with Crippen molar-refractivity contribution in [2.24, 2.45) is 17.6 Å². The maximum Gasteiger partial charge on any atom is 0.148 e. The van der Waals surface area contributed by atoms with Crippen LogP contribution in [-0.2, 0) is 0 Å². The third kappa shape index (κ3) is 6.85. The summed E-state index contributed by atoms with van der Waals surface area (Å²) in [5.74, 6) is 1.84. The molecule has 0 heterocycles. The summed E-state index contributed by atoms with van der Waals surface area (Å²) in [6.07, 6.45) is 13.6. The second-order valence-electron chi connectivity index (χ2n) is 7.00. The number of aliphatic hydroxyl groups is 2. The van der Waals surface area contributed by atoms with Gasteiger partial charge < -0.3 is 15.9 Å². The van der Waals surface area contributed by atoms with Gasteiger partial charge in [0.1, 0.15) is 5.56 Å². The molecule has 2 unspecified atom stereocenters. The first-order valence-corrected chi connectivity index (χ1v) is 9.17. The zero-order chi connectivity index (χ0) is 15.7. The molecule has 0 aromatic heterocycles. The fourth-order valence-corrected chi connectivity index (χ4v) is 3.64. The van der Waals surface area contributed by atoms with E-state index in [2.05, 4.69) is 6.92 Å². The van der Waals surface area contributed by atoms with Crippen molar-refractivity contribution in [1.29, 1.82) is 0 Å². The molecule has 0 spiro atoms. The summed E-state index contributed by atoms with van der Waals surface area (Å²) in [5.41, 5.74) is 3.68. The van der Waals surface area contributed by atoms with Gasteiger partial charge in [0.05, 0.1) is 12.1 Å². The molecule has 0 aliphatic heterocycles. The molecule has 4 N–H and O–H groups in total. The Labute approximate surface area is 135 Å². The van der Waals surface area contributed by atoms with Crippen LogP contribution in [0.3, 0.4) is 0 Å². The average Bonchev–Trinajstić information content (AvgIpc) is 2.50. The summed E-state index contributed by atoms with van der Waals surface area (Å²) in [4.78, 5) is 0. The third-order valence-corrected chi connectivity index (χ3v) is 5.64. The van der Waals surface area contributed by atoms with Gasteiger partial charge in [-0.05, 0) is 18.3 Å². The molecule has 1 rings (SSSR count). The summed E-state index contributed by atoms with van der Waals surface area (Å²) in [7, 11) is 0. The molecule has 0 bridgehead atoms. The maximum absolute atomic E-state index is 9.40. The molecule has 0 amide bonds. The molecule has 1 aliphatic rings. The van der Waals surface area contributed by atoms with E-state index < -0.39 is 11.1 Å². The lowest BCUT2D eigenvalue weighted by molar-refractivity contribution is 0.0859. The number of nitrogens with two attached hydrogens (primary N) is 1. The van der Waals surface area contributed by atoms with Gasteiger partial charge in [-0.15, -0.1) is 0 Å². The molecule has 2 atom stereocenters. The third-order valence-electron chi connectivity index (χ3n) is 5.21. The minimum Gasteiger partial charge on any atom is -0.394 e. The van der Waals surface area contributed by atoms with Gasteiger partial charge in [0.25, 0.3) is 0 Å². The van der Waals surface area contributed by atoms with Crippen molar-refractivity contribution < 1.29 is 10.2 Å². The Hall–Kier alpha value is 0.170. The fraction of sp³-hybridized carbons (Fsp3) is 1.00. The van der Waals surface area contributed by atoms with E-state index in [0.29, 0.717) is 6.42 Å². The molecule has 4 heteroatoms. The zero-order valence-electron chi connectivity index (χ0n) is 13.6. The van der Waals surface area contributed by atoms with Crippen LogP contribution in [-0.4, -0.2) is 27.9 Å². The van der Waals surface area contributed by atoms with Crippen molar-refractivity contribution in [1.82, 2.24) is 0 Å². The van der Waals surface area contributed by atoms with Gasteiger partial charge >= 0.3 is 0 Å². The monoisotopic (exact) mass is 319 g/mol. The van der Waals surface area contributed by atoms with Crippen LogP contribution < -0.4 is 5.73 Å². The topological polar surface area (TPSA) is 66.5 Å². The van der Waals surface area contributed by atoms with E-state index in [1.807, 2.05) is 0 Å². The number of hydrogen-bond donors (Lipinski definition) is 3. The van der Waals surface area contributed by atoms with Crippen molar-refractivity contribution in [3.63, 3.8) is 0 Å². The Bertz CT molecular complexity index is 268. The predicted octanol–water partition coefficient (Wildman–Crippen LogP) is 3.79. The first-order chi connectivity index (χ1) is 10.0.